The molecule has 2 heterocycles. The van der Waals surface area contributed by atoms with Gasteiger partial charge in [0.2, 0.25) is 0 Å². The maximum absolute atomic E-state index is 7.57. The van der Waals surface area contributed by atoms with E-state index in [1.807, 2.05) is 30.7 Å². The lowest BCUT2D eigenvalue weighted by Crippen LogP contribution is -2.19. The number of fused-ring (bicyclic) bond motifs is 1. The summed E-state index contributed by atoms with van der Waals surface area (Å²) in [4.78, 5) is 14.8. The predicted octanol–water partition coefficient (Wildman–Crippen LogP) is 4.43. The quantitative estimate of drug-likeness (QED) is 0.402. The summed E-state index contributed by atoms with van der Waals surface area (Å²) >= 11 is 3.22. The summed E-state index contributed by atoms with van der Waals surface area (Å²) in [5.74, 6) is 0.502. The number of aromatic nitrogens is 2. The van der Waals surface area contributed by atoms with Crippen molar-refractivity contribution in [2.75, 3.05) is 6.26 Å². The Morgan fingerprint density at radius 3 is 3.00 bits per heavy atom. The van der Waals surface area contributed by atoms with Crippen molar-refractivity contribution in [2.45, 2.75) is 18.2 Å². The molecule has 0 amide bonds. The molecule has 2 aromatic heterocycles. The summed E-state index contributed by atoms with van der Waals surface area (Å²) < 4.78 is 5.16. The number of rotatable bonds is 4. The van der Waals surface area contributed by atoms with E-state index in [1.165, 1.54) is 22.6 Å². The van der Waals surface area contributed by atoms with Gasteiger partial charge in [-0.3, -0.25) is 5.41 Å². The lowest BCUT2D eigenvalue weighted by Gasteiger charge is -2.06. The molecule has 3 rings (SSSR count). The monoisotopic (exact) mass is 371 g/mol. The van der Waals surface area contributed by atoms with Gasteiger partial charge < -0.3 is 10.5 Å². The van der Waals surface area contributed by atoms with Crippen LogP contribution in [-0.4, -0.2) is 28.1 Å². The van der Waals surface area contributed by atoms with Crippen LogP contribution in [-0.2, 0) is 4.74 Å². The average Bonchev–Trinajstić information content (AvgIpc) is 3.06. The van der Waals surface area contributed by atoms with Gasteiger partial charge in [-0.25, -0.2) is 9.97 Å². The van der Waals surface area contributed by atoms with Gasteiger partial charge in [0.25, 0.3) is 6.02 Å². The molecule has 0 saturated heterocycles. The molecule has 6 nitrogen and oxygen atoms in total. The molecule has 0 unspecified atom stereocenters. The van der Waals surface area contributed by atoms with Gasteiger partial charge in [-0.05, 0) is 24.0 Å². The highest BCUT2D eigenvalue weighted by molar-refractivity contribution is 7.98. The molecule has 0 spiro atoms. The van der Waals surface area contributed by atoms with Crippen molar-refractivity contribution in [3.63, 3.8) is 0 Å². The fourth-order valence-corrected chi connectivity index (χ4v) is 3.64. The van der Waals surface area contributed by atoms with E-state index in [0.29, 0.717) is 12.2 Å². The molecule has 0 aliphatic rings. The second-order valence-electron chi connectivity index (χ2n) is 5.09. The van der Waals surface area contributed by atoms with E-state index in [2.05, 4.69) is 27.1 Å². The molecule has 0 bridgehead atoms. The van der Waals surface area contributed by atoms with Crippen molar-refractivity contribution in [3.05, 3.63) is 36.0 Å². The van der Waals surface area contributed by atoms with Crippen LogP contribution in [0.5, 0.6) is 0 Å². The number of ether oxygens (including phenoxy) is 1. The van der Waals surface area contributed by atoms with E-state index in [9.17, 15) is 0 Å². The van der Waals surface area contributed by atoms with Crippen LogP contribution >= 0.6 is 23.1 Å². The number of thioether (sulfide) groups is 1. The highest BCUT2D eigenvalue weighted by Crippen LogP contribution is 2.38. The van der Waals surface area contributed by atoms with Crippen molar-refractivity contribution in [1.29, 1.82) is 5.41 Å². The Hall–Kier alpha value is -2.45. The Labute approximate surface area is 153 Å². The van der Waals surface area contributed by atoms with E-state index in [4.69, 9.17) is 15.9 Å². The van der Waals surface area contributed by atoms with Crippen LogP contribution in [0.25, 0.3) is 21.3 Å². The van der Waals surface area contributed by atoms with Gasteiger partial charge in [0.1, 0.15) is 11.2 Å². The van der Waals surface area contributed by atoms with E-state index >= 15 is 0 Å². The smallest absolute Gasteiger partial charge is 0.295 e. The Balaban J connectivity index is 2.10. The molecule has 8 heteroatoms. The van der Waals surface area contributed by atoms with Crippen LogP contribution < -0.4 is 5.73 Å². The van der Waals surface area contributed by atoms with Crippen LogP contribution in [0.1, 0.15) is 13.3 Å². The minimum absolute atomic E-state index is 0.0600. The number of benzene rings is 1. The van der Waals surface area contributed by atoms with Crippen LogP contribution in [0.15, 0.2) is 45.9 Å². The number of aliphatic imine (C=N–C) groups is 1. The van der Waals surface area contributed by atoms with Gasteiger partial charge in [0.15, 0.2) is 11.7 Å². The molecule has 1 aromatic carbocycles. The van der Waals surface area contributed by atoms with Gasteiger partial charge in [0, 0.05) is 22.3 Å². The number of hydrogen-bond donors (Lipinski definition) is 2. The van der Waals surface area contributed by atoms with E-state index < -0.39 is 0 Å². The minimum Gasteiger partial charge on any atom is -0.412 e. The Kier molecular flexibility index (Phi) is 5.30. The molecule has 0 aliphatic carbocycles. The second-order valence-corrected chi connectivity index (χ2v) is 6.83. The highest BCUT2D eigenvalue weighted by atomic mass is 32.2. The molecule has 3 aromatic rings. The minimum atomic E-state index is -0.0955. The largest absolute Gasteiger partial charge is 0.412 e. The number of nitrogens with two attached hydrogens (primary N) is 1. The third-order valence-corrected chi connectivity index (χ3v) is 5.11. The first kappa shape index (κ1) is 17.4. The lowest BCUT2D eigenvalue weighted by molar-refractivity contribution is 0.516. The molecule has 0 radical (unpaired) electrons. The molecular formula is C17H17N5OS2. The third kappa shape index (κ3) is 3.80. The first-order valence-electron chi connectivity index (χ1n) is 7.58. The molecule has 0 fully saturated rings. The normalized spacial score (nSPS) is 11.7. The number of nitrogens with zero attached hydrogens (tertiary/aromatic N) is 3. The summed E-state index contributed by atoms with van der Waals surface area (Å²) in [5.41, 5.74) is 7.89. The molecular weight excluding hydrogens is 354 g/mol. The summed E-state index contributed by atoms with van der Waals surface area (Å²) in [6.07, 6.45) is 3.95. The lowest BCUT2D eigenvalue weighted by atomic mass is 10.1. The Bertz CT molecular complexity index is 951. The summed E-state index contributed by atoms with van der Waals surface area (Å²) in [7, 11) is 0. The van der Waals surface area contributed by atoms with Crippen molar-refractivity contribution in [1.82, 2.24) is 9.97 Å². The Morgan fingerprint density at radius 1 is 1.40 bits per heavy atom. The number of hydrogen-bond acceptors (Lipinski definition) is 7. The van der Waals surface area contributed by atoms with Crippen molar-refractivity contribution in [3.8, 4) is 11.1 Å². The summed E-state index contributed by atoms with van der Waals surface area (Å²) in [6, 6.07) is 8.17. The number of thiophene rings is 1. The van der Waals surface area contributed by atoms with Crippen molar-refractivity contribution in [2.24, 2.45) is 10.7 Å². The maximum Gasteiger partial charge on any atom is 0.295 e. The summed E-state index contributed by atoms with van der Waals surface area (Å²) in [5, 5.41) is 10.5. The van der Waals surface area contributed by atoms with E-state index in [0.717, 1.165) is 21.3 Å². The fraction of sp³-hybridized carbons (Fsp3) is 0.176. The fourth-order valence-electron chi connectivity index (χ4n) is 2.27. The standard InChI is InChI=1S/C17H17N5OS2/c1-3-13(18)23-17(19)22-15-14-12(8-25-16(14)21-9-20-15)10-5-4-6-11(7-10)24-2/h4-9,18H,3H2,1-2H3,(H2,19,20,21,22). The van der Waals surface area contributed by atoms with Crippen molar-refractivity contribution >= 4 is 51.1 Å². The van der Waals surface area contributed by atoms with Crippen LogP contribution in [0.2, 0.25) is 0 Å². The Morgan fingerprint density at radius 2 is 2.24 bits per heavy atom. The van der Waals surface area contributed by atoms with Crippen molar-refractivity contribution < 1.29 is 4.74 Å². The van der Waals surface area contributed by atoms with E-state index in [-0.39, 0.29) is 11.9 Å². The molecule has 25 heavy (non-hydrogen) atoms. The summed E-state index contributed by atoms with van der Waals surface area (Å²) in [6.45, 7) is 1.81. The number of nitrogens with one attached hydrogen (secondary N) is 1. The average molecular weight is 371 g/mol. The van der Waals surface area contributed by atoms with Gasteiger partial charge in [-0.15, -0.1) is 23.1 Å². The zero-order chi connectivity index (χ0) is 17.8. The van der Waals surface area contributed by atoms with Crippen LogP contribution in [0, 0.1) is 5.41 Å². The van der Waals surface area contributed by atoms with Crippen LogP contribution in [0.3, 0.4) is 0 Å². The first-order chi connectivity index (χ1) is 12.1. The highest BCUT2D eigenvalue weighted by Gasteiger charge is 2.14. The third-order valence-electron chi connectivity index (χ3n) is 3.50. The topological polar surface area (TPSA) is 97.2 Å². The molecule has 0 atom stereocenters. The molecule has 0 saturated carbocycles. The first-order valence-corrected chi connectivity index (χ1v) is 9.69. The maximum atomic E-state index is 7.57. The number of amidine groups is 1. The zero-order valence-electron chi connectivity index (χ0n) is 13.8. The second kappa shape index (κ2) is 7.62. The predicted molar refractivity (Wildman–Crippen MR) is 105 cm³/mol. The van der Waals surface area contributed by atoms with Gasteiger partial charge in [-0.2, -0.15) is 4.99 Å². The molecule has 128 valence electrons. The molecule has 3 N–H and O–H groups in total. The van der Waals surface area contributed by atoms with Crippen LogP contribution in [0.4, 0.5) is 5.82 Å². The van der Waals surface area contributed by atoms with E-state index in [1.54, 1.807) is 11.8 Å². The zero-order valence-corrected chi connectivity index (χ0v) is 15.4. The van der Waals surface area contributed by atoms with Gasteiger partial charge >= 0.3 is 0 Å². The molecule has 0 aliphatic heterocycles. The van der Waals surface area contributed by atoms with Gasteiger partial charge in [-0.1, -0.05) is 19.1 Å². The van der Waals surface area contributed by atoms with Gasteiger partial charge in [0.05, 0.1) is 5.39 Å². The SMILES string of the molecule is CCC(=N)O/C(N)=N/c1ncnc2scc(-c3cccc(SC)c3)c12.